The Balaban J connectivity index is 1.17. The number of nitrogens with zero attached hydrogens (tertiary/aromatic N) is 11. The largest absolute Gasteiger partial charge is 0.494 e. The number of nitrogens with one attached hydrogen (secondary N) is 2. The van der Waals surface area contributed by atoms with Crippen LogP contribution in [-0.4, -0.2) is 83.5 Å². The van der Waals surface area contributed by atoms with Crippen LogP contribution in [0.1, 0.15) is 26.3 Å². The normalized spacial score (nSPS) is 13.2. The number of methoxy groups -OCH3 is 2. The van der Waals surface area contributed by atoms with E-state index in [1.165, 1.54) is 18.9 Å². The zero-order valence-electron chi connectivity index (χ0n) is 36.8. The highest BCUT2D eigenvalue weighted by Gasteiger charge is 2.28. The Morgan fingerprint density at radius 2 is 1.41 bits per heavy atom. The van der Waals surface area contributed by atoms with E-state index < -0.39 is 28.7 Å². The summed E-state index contributed by atoms with van der Waals surface area (Å²) in [7, 11) is -6.17. The van der Waals surface area contributed by atoms with Gasteiger partial charge in [0.15, 0.2) is 23.6 Å². The third kappa shape index (κ3) is 9.81. The number of benzene rings is 3. The molecule has 21 nitrogen and oxygen atoms in total. The van der Waals surface area contributed by atoms with Crippen molar-refractivity contribution in [1.82, 2.24) is 23.7 Å². The summed E-state index contributed by atoms with van der Waals surface area (Å²) < 4.78 is 87.2. The highest BCUT2D eigenvalue weighted by Crippen LogP contribution is 2.49. The molecule has 0 unspecified atom stereocenters. The van der Waals surface area contributed by atoms with Crippen LogP contribution >= 0.6 is 80.7 Å². The molecule has 1 aliphatic rings. The Morgan fingerprint density at radius 1 is 0.800 bits per heavy atom. The van der Waals surface area contributed by atoms with Crippen LogP contribution in [0.25, 0.3) is 20.4 Å². The molecule has 30 heteroatoms. The number of hydrogen-bond acceptors (Lipinski definition) is 24. The van der Waals surface area contributed by atoms with Crippen molar-refractivity contribution in [1.29, 1.82) is 0 Å². The smallest absolute Gasteiger partial charge is 0.305 e. The molecule has 70 heavy (non-hydrogen) atoms. The van der Waals surface area contributed by atoms with E-state index in [1.54, 1.807) is 19.2 Å². The molecule has 0 spiro atoms. The SMILES string of the molecule is CCN(CC)c1cc(Nc2nc3nc(n2)SCc2cccc(c2)N(CC)c2cc(c(/N=N/c4snc5sc(S(=O)(=O)O)c(Cl)c45)cc2OC)N3)c(/N=N/c2snc3sc(S(=O)(=O)O)c(Cl)c23)cc1OC. The Hall–Kier alpha value is -5.40. The maximum atomic E-state index is 12.1. The van der Waals surface area contributed by atoms with Crippen LogP contribution in [0.2, 0.25) is 10.0 Å². The maximum absolute atomic E-state index is 12.1. The standard InChI is InChI=1S/C40H35Cl2N13O8S7/c1-6-54(7-2)24-13-20(22(15-26(24)62-4)48-50-32-28-30(41)36(69(56,57)58)65-34(28)52-67-32)43-38-45-39-44-21-14-25(55(8-3)19-11-9-10-18(12-19)17-64-40(46-38)47-39)27(63-5)16-23(21)49-51-33-29-31(42)37(70(59,60)61)66-35(29)53-68-33/h9-16H,6-8,17H2,1-5H3,(H,56,57,58)(H,59,60,61)(H2,43,44,45,46,47)/b50-48+,51-49+. The summed E-state index contributed by atoms with van der Waals surface area (Å²) in [6.07, 6.45) is 0. The van der Waals surface area contributed by atoms with Crippen molar-refractivity contribution in [2.24, 2.45) is 20.5 Å². The van der Waals surface area contributed by atoms with Crippen molar-refractivity contribution in [3.63, 3.8) is 0 Å². The molecule has 6 heterocycles. The van der Waals surface area contributed by atoms with Gasteiger partial charge in [0.25, 0.3) is 0 Å². The van der Waals surface area contributed by atoms with Gasteiger partial charge in [-0.05, 0) is 73.7 Å². The van der Waals surface area contributed by atoms with Crippen LogP contribution < -0.4 is 29.9 Å². The Bertz CT molecular complexity index is 3640. The number of halogens is 2. The van der Waals surface area contributed by atoms with Crippen molar-refractivity contribution in [2.45, 2.75) is 40.1 Å². The zero-order chi connectivity index (χ0) is 49.6. The van der Waals surface area contributed by atoms with Crippen LogP contribution in [0, 0.1) is 0 Å². The van der Waals surface area contributed by atoms with Crippen LogP contribution in [0.5, 0.6) is 11.5 Å². The first-order chi connectivity index (χ1) is 33.5. The van der Waals surface area contributed by atoms with E-state index in [9.17, 15) is 25.9 Å². The summed E-state index contributed by atoms with van der Waals surface area (Å²) in [5.74, 6) is 1.64. The van der Waals surface area contributed by atoms with Gasteiger partial charge < -0.3 is 29.9 Å². The predicted molar refractivity (Wildman–Crippen MR) is 278 cm³/mol. The van der Waals surface area contributed by atoms with E-state index in [2.05, 4.69) is 55.7 Å². The van der Waals surface area contributed by atoms with Crippen molar-refractivity contribution < 1.29 is 35.4 Å². The van der Waals surface area contributed by atoms with E-state index in [-0.39, 0.29) is 63.8 Å². The number of thiophene rings is 2. The summed E-state index contributed by atoms with van der Waals surface area (Å²) >= 11 is 17.6. The lowest BCUT2D eigenvalue weighted by atomic mass is 10.1. The van der Waals surface area contributed by atoms with Crippen molar-refractivity contribution in [3.8, 4) is 11.5 Å². The minimum Gasteiger partial charge on any atom is -0.494 e. The quantitative estimate of drug-likeness (QED) is 0.0582. The first kappa shape index (κ1) is 49.6. The summed E-state index contributed by atoms with van der Waals surface area (Å²) in [6.45, 7) is 7.87. The van der Waals surface area contributed by atoms with Crippen LogP contribution in [0.3, 0.4) is 0 Å². The number of hydrogen-bond donors (Lipinski definition) is 4. The van der Waals surface area contributed by atoms with Crippen molar-refractivity contribution >= 4 is 183 Å². The Morgan fingerprint density at radius 3 is 2.00 bits per heavy atom. The van der Waals surface area contributed by atoms with Gasteiger partial charge in [-0.25, -0.2) is 0 Å². The van der Waals surface area contributed by atoms with Gasteiger partial charge in [-0.2, -0.15) is 40.5 Å². The number of fused-ring (bicyclic) bond motifs is 8. The predicted octanol–water partition coefficient (Wildman–Crippen LogP) is 13.0. The molecular formula is C40H35Cl2N13O8S7. The van der Waals surface area contributed by atoms with Crippen LogP contribution in [-0.2, 0) is 26.0 Å². The molecule has 4 N–H and O–H groups in total. The molecule has 0 amide bonds. The van der Waals surface area contributed by atoms with E-state index in [0.717, 1.165) is 62.7 Å². The zero-order valence-corrected chi connectivity index (χ0v) is 44.1. The van der Waals surface area contributed by atoms with Gasteiger partial charge in [0.2, 0.25) is 11.9 Å². The molecule has 0 atom stereocenters. The van der Waals surface area contributed by atoms with Crippen LogP contribution in [0.15, 0.2) is 82.6 Å². The number of anilines is 7. The van der Waals surface area contributed by atoms with Gasteiger partial charge in [-0.15, -0.1) is 20.5 Å². The molecule has 8 aromatic rings. The highest BCUT2D eigenvalue weighted by atomic mass is 35.5. The summed E-state index contributed by atoms with van der Waals surface area (Å²) in [5, 5.41) is 25.5. The molecule has 6 bridgehead atoms. The topological polar surface area (TPSA) is 272 Å². The van der Waals surface area contributed by atoms with Gasteiger partial charge in [-0.3, -0.25) is 9.11 Å². The molecule has 5 aromatic heterocycles. The van der Waals surface area contributed by atoms with Crippen LogP contribution in [0.4, 0.5) is 61.7 Å². The summed E-state index contributed by atoms with van der Waals surface area (Å²) in [5.41, 5.74) is 4.62. The summed E-state index contributed by atoms with van der Waals surface area (Å²) in [4.78, 5) is 19.2. The number of thioether (sulfide) groups is 1. The van der Waals surface area contributed by atoms with E-state index >= 15 is 0 Å². The fourth-order valence-corrected chi connectivity index (χ4v) is 14.6. The van der Waals surface area contributed by atoms with E-state index in [1.807, 2.05) is 51.1 Å². The molecule has 0 fully saturated rings. The number of aromatic nitrogens is 5. The second kappa shape index (κ2) is 20.0. The van der Waals surface area contributed by atoms with Gasteiger partial charge in [-0.1, -0.05) is 69.8 Å². The molecule has 0 saturated heterocycles. The van der Waals surface area contributed by atoms with Gasteiger partial charge in [0, 0.05) is 43.2 Å². The lowest BCUT2D eigenvalue weighted by molar-refractivity contribution is 0.414. The van der Waals surface area contributed by atoms with Crippen molar-refractivity contribution in [3.05, 3.63) is 64.1 Å². The second-order valence-corrected chi connectivity index (χ2v) is 23.0. The fraction of sp³-hybridized carbons (Fsp3) is 0.225. The molecule has 0 aliphatic carbocycles. The third-order valence-electron chi connectivity index (χ3n) is 10.4. The summed E-state index contributed by atoms with van der Waals surface area (Å²) in [6, 6.07) is 15.1. The highest BCUT2D eigenvalue weighted by molar-refractivity contribution is 7.98. The van der Waals surface area contributed by atoms with E-state index in [4.69, 9.17) is 47.6 Å². The molecule has 1 aliphatic heterocycles. The monoisotopic (exact) mass is 1120 g/mol. The number of ether oxygens (including phenoxy) is 2. The minimum atomic E-state index is -4.63. The number of rotatable bonds is 14. The minimum absolute atomic E-state index is 0.106. The van der Waals surface area contributed by atoms with Gasteiger partial charge in [0.1, 0.15) is 32.5 Å². The number of azo groups is 2. The molecule has 3 aromatic carbocycles. The Kier molecular flexibility index (Phi) is 14.2. The molecule has 364 valence electrons. The third-order valence-corrected chi connectivity index (χ3v) is 19.1. The van der Waals surface area contributed by atoms with Gasteiger partial charge in [0.05, 0.1) is 57.8 Å². The maximum Gasteiger partial charge on any atom is 0.305 e. The van der Waals surface area contributed by atoms with Gasteiger partial charge >= 0.3 is 20.2 Å². The fourth-order valence-electron chi connectivity index (χ4n) is 7.24. The first-order valence-corrected chi connectivity index (χ1v) is 28.2. The molecule has 0 radical (unpaired) electrons. The Labute approximate surface area is 429 Å². The lowest BCUT2D eigenvalue weighted by Crippen LogP contribution is -2.22. The average molecular weight is 1120 g/mol. The van der Waals surface area contributed by atoms with Crippen molar-refractivity contribution in [2.75, 3.05) is 54.3 Å². The van der Waals surface area contributed by atoms with E-state index in [0.29, 0.717) is 59.1 Å². The average Bonchev–Trinajstić information content (AvgIpc) is 4.10. The molecular weight excluding hydrogens is 1090 g/mol. The second-order valence-electron chi connectivity index (χ2n) is 14.6. The lowest BCUT2D eigenvalue weighted by Gasteiger charge is -2.26. The molecule has 9 rings (SSSR count). The molecule has 0 saturated carbocycles. The first-order valence-electron chi connectivity index (χ1n) is 20.4.